The first-order valence-corrected chi connectivity index (χ1v) is 6.97. The smallest absolute Gasteiger partial charge is 0.244 e. The number of nitriles is 2. The fourth-order valence-electron chi connectivity index (χ4n) is 1.48. The van der Waals surface area contributed by atoms with Crippen LogP contribution in [0, 0.1) is 22.7 Å². The molecule has 1 aromatic rings. The number of nitrogens with zero attached hydrogens (tertiary/aromatic N) is 3. The van der Waals surface area contributed by atoms with Gasteiger partial charge in [0.25, 0.3) is 0 Å². The summed E-state index contributed by atoms with van der Waals surface area (Å²) in [7, 11) is -3.82. The minimum Gasteiger partial charge on any atom is -0.324 e. The molecule has 0 spiro atoms. The van der Waals surface area contributed by atoms with Crippen molar-refractivity contribution in [2.45, 2.75) is 17.9 Å². The van der Waals surface area contributed by atoms with Crippen molar-refractivity contribution in [2.24, 2.45) is 5.73 Å². The zero-order valence-electron chi connectivity index (χ0n) is 10.4. The Morgan fingerprint density at radius 1 is 1.21 bits per heavy atom. The molecule has 1 atom stereocenters. The molecule has 0 aliphatic carbocycles. The highest BCUT2D eigenvalue weighted by Gasteiger charge is 2.23. The van der Waals surface area contributed by atoms with E-state index in [2.05, 4.69) is 0 Å². The molecule has 19 heavy (non-hydrogen) atoms. The lowest BCUT2D eigenvalue weighted by Gasteiger charge is -2.16. The summed E-state index contributed by atoms with van der Waals surface area (Å²) in [5.41, 5.74) is 6.49. The van der Waals surface area contributed by atoms with Crippen molar-refractivity contribution in [1.82, 2.24) is 4.31 Å². The summed E-state index contributed by atoms with van der Waals surface area (Å²) in [6, 6.07) is 9.37. The average Bonchev–Trinajstić information content (AvgIpc) is 2.38. The van der Waals surface area contributed by atoms with Gasteiger partial charge in [-0.15, -0.1) is 0 Å². The van der Waals surface area contributed by atoms with Crippen LogP contribution in [-0.2, 0) is 10.0 Å². The van der Waals surface area contributed by atoms with Crippen molar-refractivity contribution in [1.29, 1.82) is 10.5 Å². The Hall–Kier alpha value is -1.93. The van der Waals surface area contributed by atoms with Crippen LogP contribution in [0.15, 0.2) is 29.2 Å². The highest BCUT2D eigenvalue weighted by molar-refractivity contribution is 7.89. The van der Waals surface area contributed by atoms with Crippen LogP contribution in [0.2, 0.25) is 0 Å². The summed E-state index contributed by atoms with van der Waals surface area (Å²) in [5.74, 6) is 0. The first-order chi connectivity index (χ1) is 8.93. The predicted octanol–water partition coefficient (Wildman–Crippen LogP) is 0.744. The minimum absolute atomic E-state index is 0.0439. The molecule has 0 saturated heterocycles. The summed E-state index contributed by atoms with van der Waals surface area (Å²) in [6.07, 6.45) is 0. The van der Waals surface area contributed by atoms with E-state index in [9.17, 15) is 8.42 Å². The van der Waals surface area contributed by atoms with Gasteiger partial charge in [0.15, 0.2) is 0 Å². The molecule has 100 valence electrons. The van der Waals surface area contributed by atoms with Gasteiger partial charge in [-0.1, -0.05) is 12.1 Å². The standard InChI is InChI=1S/C12H14N4O2S/c1-10(15)11-2-4-12(5-3-11)19(17,18)16(8-6-13)9-7-14/h2-5,10H,8-9,15H2,1H3. The Bertz CT molecular complexity index is 593. The van der Waals surface area contributed by atoms with Crippen molar-refractivity contribution >= 4 is 10.0 Å². The molecule has 0 bridgehead atoms. The molecule has 0 amide bonds. The summed E-state index contributed by atoms with van der Waals surface area (Å²) < 4.78 is 25.2. The number of hydrogen-bond acceptors (Lipinski definition) is 5. The first-order valence-electron chi connectivity index (χ1n) is 5.53. The van der Waals surface area contributed by atoms with Crippen molar-refractivity contribution in [3.63, 3.8) is 0 Å². The number of sulfonamides is 1. The van der Waals surface area contributed by atoms with Gasteiger partial charge in [-0.25, -0.2) is 8.42 Å². The first kappa shape index (κ1) is 15.1. The predicted molar refractivity (Wildman–Crippen MR) is 69.0 cm³/mol. The van der Waals surface area contributed by atoms with Crippen LogP contribution in [0.3, 0.4) is 0 Å². The van der Waals surface area contributed by atoms with E-state index in [-0.39, 0.29) is 24.0 Å². The van der Waals surface area contributed by atoms with Gasteiger partial charge in [0.2, 0.25) is 10.0 Å². The molecule has 1 rings (SSSR count). The Morgan fingerprint density at radius 3 is 2.05 bits per heavy atom. The van der Waals surface area contributed by atoms with E-state index in [4.69, 9.17) is 16.3 Å². The molecule has 0 heterocycles. The van der Waals surface area contributed by atoms with Gasteiger partial charge >= 0.3 is 0 Å². The van der Waals surface area contributed by atoms with E-state index < -0.39 is 10.0 Å². The quantitative estimate of drug-likeness (QED) is 0.799. The van der Waals surface area contributed by atoms with Gasteiger partial charge in [0, 0.05) is 6.04 Å². The second-order valence-corrected chi connectivity index (χ2v) is 5.88. The second kappa shape index (κ2) is 6.30. The SMILES string of the molecule is CC(N)c1ccc(S(=O)(=O)N(CC#N)CC#N)cc1. The molecule has 0 aliphatic rings. The molecule has 0 aromatic heterocycles. The summed E-state index contributed by atoms with van der Waals surface area (Å²) >= 11 is 0. The van der Waals surface area contributed by atoms with Crippen LogP contribution in [-0.4, -0.2) is 25.8 Å². The largest absolute Gasteiger partial charge is 0.324 e. The van der Waals surface area contributed by atoms with E-state index >= 15 is 0 Å². The maximum Gasteiger partial charge on any atom is 0.244 e. The van der Waals surface area contributed by atoms with Crippen LogP contribution < -0.4 is 5.73 Å². The lowest BCUT2D eigenvalue weighted by molar-refractivity contribution is 0.479. The number of nitrogens with two attached hydrogens (primary N) is 1. The maximum atomic E-state index is 12.2. The van der Waals surface area contributed by atoms with Crippen LogP contribution >= 0.6 is 0 Å². The van der Waals surface area contributed by atoms with E-state index in [1.807, 2.05) is 0 Å². The molecule has 6 nitrogen and oxygen atoms in total. The lowest BCUT2D eigenvalue weighted by Crippen LogP contribution is -2.31. The maximum absolute atomic E-state index is 12.2. The van der Waals surface area contributed by atoms with Gasteiger partial charge < -0.3 is 5.73 Å². The van der Waals surface area contributed by atoms with Crippen molar-refractivity contribution in [2.75, 3.05) is 13.1 Å². The molecule has 0 fully saturated rings. The summed E-state index contributed by atoms with van der Waals surface area (Å²) in [4.78, 5) is 0.0439. The van der Waals surface area contributed by atoms with E-state index in [0.29, 0.717) is 0 Å². The van der Waals surface area contributed by atoms with Gasteiger partial charge in [0.05, 0.1) is 17.0 Å². The Kier molecular flexibility index (Phi) is 5.02. The van der Waals surface area contributed by atoms with E-state index in [0.717, 1.165) is 9.87 Å². The van der Waals surface area contributed by atoms with E-state index in [1.54, 1.807) is 31.2 Å². The molecule has 7 heteroatoms. The third-order valence-corrected chi connectivity index (χ3v) is 4.34. The van der Waals surface area contributed by atoms with Crippen molar-refractivity contribution in [3.8, 4) is 12.1 Å². The highest BCUT2D eigenvalue weighted by atomic mass is 32.2. The van der Waals surface area contributed by atoms with E-state index in [1.165, 1.54) is 12.1 Å². The third-order valence-electron chi connectivity index (χ3n) is 2.54. The minimum atomic E-state index is -3.82. The zero-order valence-corrected chi connectivity index (χ0v) is 11.3. The van der Waals surface area contributed by atoms with Crippen molar-refractivity contribution in [3.05, 3.63) is 29.8 Å². The third kappa shape index (κ3) is 3.52. The Balaban J connectivity index is 3.12. The number of benzene rings is 1. The fourth-order valence-corrected chi connectivity index (χ4v) is 2.71. The molecule has 0 saturated carbocycles. The monoisotopic (exact) mass is 278 g/mol. The Labute approximate surface area is 112 Å². The fraction of sp³-hybridized carbons (Fsp3) is 0.333. The van der Waals surface area contributed by atoms with Crippen molar-refractivity contribution < 1.29 is 8.42 Å². The summed E-state index contributed by atoms with van der Waals surface area (Å²) in [5, 5.41) is 17.2. The number of rotatable bonds is 5. The second-order valence-electron chi connectivity index (χ2n) is 3.95. The Morgan fingerprint density at radius 2 is 1.68 bits per heavy atom. The molecular formula is C12H14N4O2S. The molecule has 2 N–H and O–H groups in total. The van der Waals surface area contributed by atoms with Crippen LogP contribution in [0.25, 0.3) is 0 Å². The molecule has 0 aliphatic heterocycles. The zero-order chi connectivity index (χ0) is 14.5. The lowest BCUT2D eigenvalue weighted by atomic mass is 10.1. The molecule has 1 unspecified atom stereocenters. The topological polar surface area (TPSA) is 111 Å². The van der Waals surface area contributed by atoms with Gasteiger partial charge in [-0.05, 0) is 24.6 Å². The molecule has 1 aromatic carbocycles. The normalized spacial score (nSPS) is 12.7. The molecule has 0 radical (unpaired) electrons. The average molecular weight is 278 g/mol. The van der Waals surface area contributed by atoms with Gasteiger partial charge in [0.1, 0.15) is 13.1 Å². The highest BCUT2D eigenvalue weighted by Crippen LogP contribution is 2.18. The van der Waals surface area contributed by atoms with Gasteiger partial charge in [-0.2, -0.15) is 14.8 Å². The van der Waals surface area contributed by atoms with Crippen LogP contribution in [0.5, 0.6) is 0 Å². The summed E-state index contributed by atoms with van der Waals surface area (Å²) in [6.45, 7) is 1.08. The van der Waals surface area contributed by atoms with Crippen LogP contribution in [0.1, 0.15) is 18.5 Å². The number of hydrogen-bond donors (Lipinski definition) is 1. The van der Waals surface area contributed by atoms with Crippen LogP contribution in [0.4, 0.5) is 0 Å². The molecular weight excluding hydrogens is 264 g/mol. The van der Waals surface area contributed by atoms with Gasteiger partial charge in [-0.3, -0.25) is 0 Å².